The van der Waals surface area contributed by atoms with E-state index >= 15 is 0 Å². The fraction of sp³-hybridized carbons (Fsp3) is 0.316. The van der Waals surface area contributed by atoms with E-state index in [1.807, 2.05) is 4.90 Å². The minimum Gasteiger partial charge on any atom is -0.337 e. The van der Waals surface area contributed by atoms with Crippen molar-refractivity contribution in [1.82, 2.24) is 4.90 Å². The molecule has 0 bridgehead atoms. The molecule has 0 N–H and O–H groups in total. The quantitative estimate of drug-likeness (QED) is 0.703. The number of nitrogens with zero attached hydrogens (tertiary/aromatic N) is 1. The van der Waals surface area contributed by atoms with Gasteiger partial charge in [-0.15, -0.1) is 0 Å². The van der Waals surface area contributed by atoms with Gasteiger partial charge in [0.25, 0.3) is 0 Å². The highest BCUT2D eigenvalue weighted by molar-refractivity contribution is 5.48. The van der Waals surface area contributed by atoms with Gasteiger partial charge in [0.05, 0.1) is 0 Å². The lowest BCUT2D eigenvalue weighted by atomic mass is 10.1. The van der Waals surface area contributed by atoms with Crippen LogP contribution in [0.15, 0.2) is 48.5 Å². The Morgan fingerprint density at radius 2 is 1.05 bits per heavy atom. The smallest absolute Gasteiger partial charge is 0.210 e. The molecule has 0 aliphatic heterocycles. The number of aryl methyl sites for hydroxylation is 2. The molecule has 0 heterocycles. The zero-order chi connectivity index (χ0) is 15.1. The number of rotatable bonds is 7. The van der Waals surface area contributed by atoms with Crippen LogP contribution in [-0.2, 0) is 30.7 Å². The average Bonchev–Trinajstić information content (AvgIpc) is 2.55. The maximum atomic E-state index is 11.3. The van der Waals surface area contributed by atoms with E-state index in [2.05, 4.69) is 62.4 Å². The van der Waals surface area contributed by atoms with Crippen LogP contribution in [0.25, 0.3) is 0 Å². The van der Waals surface area contributed by atoms with Crippen LogP contribution in [0, 0.1) is 0 Å². The van der Waals surface area contributed by atoms with Crippen molar-refractivity contribution >= 4 is 6.41 Å². The molecule has 0 aromatic heterocycles. The lowest BCUT2D eigenvalue weighted by molar-refractivity contribution is -0.119. The van der Waals surface area contributed by atoms with E-state index in [-0.39, 0.29) is 0 Å². The second-order valence-electron chi connectivity index (χ2n) is 5.35. The van der Waals surface area contributed by atoms with Crippen molar-refractivity contribution in [3.05, 3.63) is 70.8 Å². The summed E-state index contributed by atoms with van der Waals surface area (Å²) in [7, 11) is 0. The van der Waals surface area contributed by atoms with Gasteiger partial charge in [0, 0.05) is 13.1 Å². The number of carbonyl (C=O) groups is 1. The fourth-order valence-electron chi connectivity index (χ4n) is 2.36. The molecule has 0 aliphatic carbocycles. The Bertz CT molecular complexity index is 508. The minimum absolute atomic E-state index is 0.656. The maximum absolute atomic E-state index is 11.3. The standard InChI is InChI=1S/C19H23NO/c1-3-16-5-9-18(10-6-16)13-20(15-21)14-19-11-7-17(4-2)8-12-19/h5-12,15H,3-4,13-14H2,1-2H3. The molecule has 0 saturated heterocycles. The van der Waals surface area contributed by atoms with Crippen molar-refractivity contribution in [3.8, 4) is 0 Å². The molecule has 0 radical (unpaired) electrons. The lowest BCUT2D eigenvalue weighted by Gasteiger charge is -2.18. The predicted molar refractivity (Wildman–Crippen MR) is 87.0 cm³/mol. The van der Waals surface area contributed by atoms with Gasteiger partial charge in [-0.3, -0.25) is 4.79 Å². The van der Waals surface area contributed by atoms with Gasteiger partial charge in [-0.25, -0.2) is 0 Å². The summed E-state index contributed by atoms with van der Waals surface area (Å²) in [5.41, 5.74) is 4.99. The van der Waals surface area contributed by atoms with Crippen LogP contribution in [-0.4, -0.2) is 11.3 Å². The Hall–Kier alpha value is -2.09. The van der Waals surface area contributed by atoms with Gasteiger partial charge in [-0.2, -0.15) is 0 Å². The Kier molecular flexibility index (Phi) is 5.56. The lowest BCUT2D eigenvalue weighted by Crippen LogP contribution is -2.20. The molecule has 110 valence electrons. The summed E-state index contributed by atoms with van der Waals surface area (Å²) in [5.74, 6) is 0. The third-order valence-electron chi connectivity index (χ3n) is 3.78. The second-order valence-corrected chi connectivity index (χ2v) is 5.35. The van der Waals surface area contributed by atoms with Crippen LogP contribution >= 0.6 is 0 Å². The molecule has 2 nitrogen and oxygen atoms in total. The van der Waals surface area contributed by atoms with Crippen LogP contribution in [0.5, 0.6) is 0 Å². The zero-order valence-corrected chi connectivity index (χ0v) is 12.9. The summed E-state index contributed by atoms with van der Waals surface area (Å²) in [6.07, 6.45) is 3.02. The normalized spacial score (nSPS) is 10.4. The SMILES string of the molecule is CCc1ccc(CN(C=O)Cc2ccc(CC)cc2)cc1. The number of hydrogen-bond donors (Lipinski definition) is 0. The minimum atomic E-state index is 0.656. The first-order chi connectivity index (χ1) is 10.2. The summed E-state index contributed by atoms with van der Waals surface area (Å²) in [4.78, 5) is 13.1. The number of benzene rings is 2. The van der Waals surface area contributed by atoms with Crippen LogP contribution < -0.4 is 0 Å². The Morgan fingerprint density at radius 1 is 0.714 bits per heavy atom. The van der Waals surface area contributed by atoms with Crippen LogP contribution in [0.4, 0.5) is 0 Å². The highest BCUT2D eigenvalue weighted by Gasteiger charge is 2.05. The van der Waals surface area contributed by atoms with E-state index in [9.17, 15) is 4.79 Å². The van der Waals surface area contributed by atoms with Crippen molar-refractivity contribution < 1.29 is 4.79 Å². The van der Waals surface area contributed by atoms with Gasteiger partial charge in [0.1, 0.15) is 0 Å². The molecule has 21 heavy (non-hydrogen) atoms. The van der Waals surface area contributed by atoms with Gasteiger partial charge >= 0.3 is 0 Å². The molecule has 0 unspecified atom stereocenters. The molecule has 2 heteroatoms. The van der Waals surface area contributed by atoms with Crippen molar-refractivity contribution in [2.45, 2.75) is 39.8 Å². The Labute approximate surface area is 127 Å². The maximum Gasteiger partial charge on any atom is 0.210 e. The van der Waals surface area contributed by atoms with Gasteiger partial charge in [-0.05, 0) is 35.1 Å². The summed E-state index contributed by atoms with van der Waals surface area (Å²) >= 11 is 0. The van der Waals surface area contributed by atoms with Crippen molar-refractivity contribution in [2.75, 3.05) is 0 Å². The zero-order valence-electron chi connectivity index (χ0n) is 12.9. The molecular weight excluding hydrogens is 258 g/mol. The van der Waals surface area contributed by atoms with E-state index in [0.29, 0.717) is 13.1 Å². The van der Waals surface area contributed by atoms with Gasteiger partial charge in [0.15, 0.2) is 0 Å². The molecule has 0 fully saturated rings. The summed E-state index contributed by atoms with van der Waals surface area (Å²) in [6, 6.07) is 17.0. The van der Waals surface area contributed by atoms with E-state index in [0.717, 1.165) is 19.3 Å². The number of hydrogen-bond acceptors (Lipinski definition) is 1. The van der Waals surface area contributed by atoms with Gasteiger partial charge in [0.2, 0.25) is 6.41 Å². The summed E-state index contributed by atoms with van der Waals surface area (Å²) in [5, 5.41) is 0. The molecule has 0 atom stereocenters. The molecule has 0 aliphatic rings. The fourth-order valence-corrected chi connectivity index (χ4v) is 2.36. The molecular formula is C19H23NO. The second kappa shape index (κ2) is 7.63. The van der Waals surface area contributed by atoms with Crippen molar-refractivity contribution in [1.29, 1.82) is 0 Å². The molecule has 0 spiro atoms. The predicted octanol–water partition coefficient (Wildman–Crippen LogP) is 3.97. The highest BCUT2D eigenvalue weighted by atomic mass is 16.1. The molecule has 0 saturated carbocycles. The van der Waals surface area contributed by atoms with Crippen molar-refractivity contribution in [3.63, 3.8) is 0 Å². The molecule has 2 aromatic rings. The largest absolute Gasteiger partial charge is 0.337 e. The summed E-state index contributed by atoms with van der Waals surface area (Å²) < 4.78 is 0. The number of amides is 1. The first-order valence-electron chi connectivity index (χ1n) is 7.60. The first-order valence-corrected chi connectivity index (χ1v) is 7.60. The van der Waals surface area contributed by atoms with Crippen LogP contribution in [0.1, 0.15) is 36.1 Å². The average molecular weight is 281 g/mol. The first kappa shape index (κ1) is 15.3. The Balaban J connectivity index is 1.99. The van der Waals surface area contributed by atoms with E-state index < -0.39 is 0 Å². The van der Waals surface area contributed by atoms with E-state index in [1.165, 1.54) is 22.3 Å². The highest BCUT2D eigenvalue weighted by Crippen LogP contribution is 2.11. The van der Waals surface area contributed by atoms with Gasteiger partial charge < -0.3 is 4.90 Å². The third kappa shape index (κ3) is 4.45. The topological polar surface area (TPSA) is 20.3 Å². The third-order valence-corrected chi connectivity index (χ3v) is 3.78. The number of carbonyl (C=O) groups excluding carboxylic acids is 1. The summed E-state index contributed by atoms with van der Waals surface area (Å²) in [6.45, 7) is 5.60. The van der Waals surface area contributed by atoms with Crippen LogP contribution in [0.2, 0.25) is 0 Å². The van der Waals surface area contributed by atoms with Crippen molar-refractivity contribution in [2.24, 2.45) is 0 Å². The van der Waals surface area contributed by atoms with Crippen LogP contribution in [0.3, 0.4) is 0 Å². The van der Waals surface area contributed by atoms with E-state index in [4.69, 9.17) is 0 Å². The monoisotopic (exact) mass is 281 g/mol. The molecule has 2 aromatic carbocycles. The molecule has 2 rings (SSSR count). The van der Waals surface area contributed by atoms with Gasteiger partial charge in [-0.1, -0.05) is 62.4 Å². The molecule has 1 amide bonds. The van der Waals surface area contributed by atoms with E-state index in [1.54, 1.807) is 0 Å². The Morgan fingerprint density at radius 3 is 1.33 bits per heavy atom.